The first-order valence-electron chi connectivity index (χ1n) is 12.4. The Labute approximate surface area is 230 Å². The summed E-state index contributed by atoms with van der Waals surface area (Å²) in [6, 6.07) is 10.8. The third kappa shape index (κ3) is 5.23. The van der Waals surface area contributed by atoms with Gasteiger partial charge in [-0.05, 0) is 42.8 Å². The molecule has 1 aromatic heterocycles. The van der Waals surface area contributed by atoms with Crippen molar-refractivity contribution in [3.05, 3.63) is 68.7 Å². The molecule has 9 nitrogen and oxygen atoms in total. The van der Waals surface area contributed by atoms with Crippen molar-refractivity contribution in [3.63, 3.8) is 0 Å². The van der Waals surface area contributed by atoms with Crippen LogP contribution < -0.4 is 10.5 Å². The van der Waals surface area contributed by atoms with Crippen LogP contribution in [0.25, 0.3) is 10.9 Å². The molecule has 0 unspecified atom stereocenters. The third-order valence-corrected chi connectivity index (χ3v) is 7.97. The Morgan fingerprint density at radius 1 is 1.05 bits per heavy atom. The van der Waals surface area contributed by atoms with Crippen LogP contribution >= 0.6 is 23.2 Å². The van der Waals surface area contributed by atoms with Gasteiger partial charge >= 0.3 is 0 Å². The number of rotatable bonds is 6. The molecule has 0 aliphatic carbocycles. The van der Waals surface area contributed by atoms with Gasteiger partial charge in [0.1, 0.15) is 6.54 Å². The van der Waals surface area contributed by atoms with E-state index in [0.717, 1.165) is 11.3 Å². The number of likely N-dealkylation sites (N-methyl/N-ethyl adjacent to an activating group) is 1. The molecule has 2 saturated heterocycles. The van der Waals surface area contributed by atoms with Gasteiger partial charge < -0.3 is 19.4 Å². The highest BCUT2D eigenvalue weighted by molar-refractivity contribution is 6.42. The van der Waals surface area contributed by atoms with Crippen molar-refractivity contribution in [2.75, 3.05) is 51.3 Å². The van der Waals surface area contributed by atoms with E-state index >= 15 is 0 Å². The lowest BCUT2D eigenvalue weighted by atomic mass is 9.86. The summed E-state index contributed by atoms with van der Waals surface area (Å²) in [6.45, 7) is 5.66. The molecule has 3 heterocycles. The van der Waals surface area contributed by atoms with E-state index in [4.69, 9.17) is 27.9 Å². The number of carbonyl (C=O) groups excluding carboxylic acids is 2. The zero-order valence-electron chi connectivity index (χ0n) is 21.3. The van der Waals surface area contributed by atoms with Crippen molar-refractivity contribution in [3.8, 4) is 0 Å². The number of carbonyl (C=O) groups is 2. The van der Waals surface area contributed by atoms with E-state index in [1.54, 1.807) is 25.2 Å². The maximum atomic E-state index is 13.3. The van der Waals surface area contributed by atoms with Crippen LogP contribution in [0.5, 0.6) is 0 Å². The lowest BCUT2D eigenvalue weighted by Crippen LogP contribution is -2.58. The number of fused-ring (bicyclic) bond motifs is 1. The topological polar surface area (TPSA) is 88.0 Å². The van der Waals surface area contributed by atoms with Crippen molar-refractivity contribution in [1.82, 2.24) is 19.4 Å². The predicted molar refractivity (Wildman–Crippen MR) is 147 cm³/mol. The molecule has 11 heteroatoms. The molecule has 0 saturated carbocycles. The first-order valence-corrected chi connectivity index (χ1v) is 13.2. The monoisotopic (exact) mass is 557 g/mol. The van der Waals surface area contributed by atoms with E-state index in [9.17, 15) is 14.4 Å². The van der Waals surface area contributed by atoms with E-state index in [-0.39, 0.29) is 23.9 Å². The number of ether oxygens (including phenoxy) is 1. The molecule has 0 radical (unpaired) electrons. The molecule has 2 aliphatic rings. The first-order chi connectivity index (χ1) is 18.1. The number of halogens is 2. The van der Waals surface area contributed by atoms with Gasteiger partial charge in [0.25, 0.3) is 5.56 Å². The van der Waals surface area contributed by atoms with Crippen LogP contribution in [-0.4, -0.2) is 77.6 Å². The summed E-state index contributed by atoms with van der Waals surface area (Å²) in [7, 11) is 1.67. The lowest BCUT2D eigenvalue weighted by molar-refractivity contribution is -0.169. The molecule has 2 fully saturated rings. The molecule has 200 valence electrons. The lowest BCUT2D eigenvalue weighted by Gasteiger charge is -2.43. The van der Waals surface area contributed by atoms with Crippen LogP contribution in [0.4, 0.5) is 5.69 Å². The number of aromatic nitrogens is 2. The number of hydrogen-bond donors (Lipinski definition) is 0. The van der Waals surface area contributed by atoms with Gasteiger partial charge in [-0.1, -0.05) is 29.3 Å². The summed E-state index contributed by atoms with van der Waals surface area (Å²) in [4.78, 5) is 49.0. The Hall–Kier alpha value is -3.14. The third-order valence-electron chi connectivity index (χ3n) is 7.23. The van der Waals surface area contributed by atoms with Gasteiger partial charge in [0.15, 0.2) is 0 Å². The highest BCUT2D eigenvalue weighted by atomic mass is 35.5. The zero-order valence-corrected chi connectivity index (χ0v) is 22.8. The number of nitrogens with zero attached hydrogens (tertiary/aromatic N) is 5. The van der Waals surface area contributed by atoms with E-state index in [0.29, 0.717) is 66.9 Å². The largest absolute Gasteiger partial charge is 0.379 e. The van der Waals surface area contributed by atoms with Crippen molar-refractivity contribution in [2.45, 2.75) is 20.0 Å². The SMILES string of the molecule is CN(Cc1ccc(Cl)c(Cl)c1)C(=O)Cn1cnc2ccc(N3CCN(C(=O)C4(C)COC4)CC3)cc2c1=O. The molecule has 0 bridgehead atoms. The van der Waals surface area contributed by atoms with Gasteiger partial charge in [-0.15, -0.1) is 0 Å². The predicted octanol–water partition coefficient (Wildman–Crippen LogP) is 3.05. The number of benzene rings is 2. The highest BCUT2D eigenvalue weighted by Gasteiger charge is 2.44. The van der Waals surface area contributed by atoms with Crippen LogP contribution in [0.1, 0.15) is 12.5 Å². The standard InChI is InChI=1S/C27H29Cl2N5O4/c1-27(15-38-16-27)26(37)33-9-7-32(8-10-33)19-4-6-23-20(12-19)25(36)34(17-30-23)14-24(35)31(2)13-18-3-5-21(28)22(29)11-18/h3-6,11-12,17H,7-10,13-16H2,1-2H3. The van der Waals surface area contributed by atoms with Crippen LogP contribution in [0.2, 0.25) is 10.0 Å². The molecule has 5 rings (SSSR count). The maximum Gasteiger partial charge on any atom is 0.261 e. The molecule has 3 aromatic rings. The Balaban J connectivity index is 1.27. The molecular weight excluding hydrogens is 529 g/mol. The molecule has 38 heavy (non-hydrogen) atoms. The Bertz CT molecular complexity index is 1450. The summed E-state index contributed by atoms with van der Waals surface area (Å²) >= 11 is 12.1. The summed E-state index contributed by atoms with van der Waals surface area (Å²) in [5, 5.41) is 1.32. The minimum Gasteiger partial charge on any atom is -0.379 e. The van der Waals surface area contributed by atoms with Crippen LogP contribution in [0, 0.1) is 5.41 Å². The highest BCUT2D eigenvalue weighted by Crippen LogP contribution is 2.30. The molecule has 2 aromatic carbocycles. The van der Waals surface area contributed by atoms with Gasteiger partial charge in [0.2, 0.25) is 11.8 Å². The van der Waals surface area contributed by atoms with Gasteiger partial charge in [-0.25, -0.2) is 4.98 Å². The number of piperazine rings is 1. The van der Waals surface area contributed by atoms with Crippen molar-refractivity contribution >= 4 is 51.6 Å². The van der Waals surface area contributed by atoms with E-state index < -0.39 is 5.41 Å². The molecule has 0 spiro atoms. The van der Waals surface area contributed by atoms with Crippen molar-refractivity contribution in [2.24, 2.45) is 5.41 Å². The van der Waals surface area contributed by atoms with Gasteiger partial charge in [-0.2, -0.15) is 0 Å². The minimum absolute atomic E-state index is 0.132. The van der Waals surface area contributed by atoms with E-state index in [1.165, 1.54) is 15.8 Å². The summed E-state index contributed by atoms with van der Waals surface area (Å²) in [5.41, 5.74) is 1.61. The molecule has 0 N–H and O–H groups in total. The molecule has 0 atom stereocenters. The van der Waals surface area contributed by atoms with Crippen molar-refractivity contribution < 1.29 is 14.3 Å². The zero-order chi connectivity index (χ0) is 27.0. The van der Waals surface area contributed by atoms with Gasteiger partial charge in [-0.3, -0.25) is 19.0 Å². The smallest absolute Gasteiger partial charge is 0.261 e. The summed E-state index contributed by atoms with van der Waals surface area (Å²) in [6.07, 6.45) is 1.41. The van der Waals surface area contributed by atoms with Crippen LogP contribution in [-0.2, 0) is 27.4 Å². The summed E-state index contributed by atoms with van der Waals surface area (Å²) in [5.74, 6) is -0.0929. The van der Waals surface area contributed by atoms with Crippen LogP contribution in [0.3, 0.4) is 0 Å². The van der Waals surface area contributed by atoms with Gasteiger partial charge in [0, 0.05) is 45.5 Å². The summed E-state index contributed by atoms with van der Waals surface area (Å²) < 4.78 is 6.58. The second-order valence-corrected chi connectivity index (χ2v) is 11.0. The molecular formula is C27H29Cl2N5O4. The quantitative estimate of drug-likeness (QED) is 0.463. The van der Waals surface area contributed by atoms with E-state index in [1.807, 2.05) is 30.0 Å². The van der Waals surface area contributed by atoms with Crippen molar-refractivity contribution in [1.29, 1.82) is 0 Å². The average molecular weight is 558 g/mol. The van der Waals surface area contributed by atoms with E-state index in [2.05, 4.69) is 9.88 Å². The number of hydrogen-bond acceptors (Lipinski definition) is 6. The minimum atomic E-state index is -0.408. The fourth-order valence-corrected chi connectivity index (χ4v) is 5.12. The Kier molecular flexibility index (Phi) is 7.35. The molecule has 2 aliphatic heterocycles. The van der Waals surface area contributed by atoms with Crippen LogP contribution in [0.15, 0.2) is 47.5 Å². The fraction of sp³-hybridized carbons (Fsp3) is 0.407. The fourth-order valence-electron chi connectivity index (χ4n) is 4.80. The first kappa shape index (κ1) is 26.5. The number of anilines is 1. The number of amides is 2. The second-order valence-electron chi connectivity index (χ2n) is 10.2. The molecule has 2 amide bonds. The maximum absolute atomic E-state index is 13.3. The Morgan fingerprint density at radius 2 is 1.79 bits per heavy atom. The average Bonchev–Trinajstić information content (AvgIpc) is 2.90. The second kappa shape index (κ2) is 10.6. The van der Waals surface area contributed by atoms with Gasteiger partial charge in [0.05, 0.1) is 45.9 Å². The normalized spacial score (nSPS) is 16.8. The Morgan fingerprint density at radius 3 is 2.45 bits per heavy atom.